The molecule has 2 N–H and O–H groups in total. The highest BCUT2D eigenvalue weighted by molar-refractivity contribution is 9.10. The summed E-state index contributed by atoms with van der Waals surface area (Å²) >= 11 is 3.41. The first-order chi connectivity index (χ1) is 7.70. The predicted molar refractivity (Wildman–Crippen MR) is 66.7 cm³/mol. The number of aliphatic hydroxyl groups excluding tert-OH is 1. The van der Waals surface area contributed by atoms with Crippen LogP contribution in [0.2, 0.25) is 0 Å². The second kappa shape index (κ2) is 5.17. The van der Waals surface area contributed by atoms with Gasteiger partial charge in [-0.05, 0) is 46.5 Å². The molecule has 0 aliphatic heterocycles. The van der Waals surface area contributed by atoms with Crippen LogP contribution in [0.4, 0.5) is 0 Å². The average molecular weight is 286 g/mol. The van der Waals surface area contributed by atoms with Gasteiger partial charge < -0.3 is 15.2 Å². The van der Waals surface area contributed by atoms with E-state index >= 15 is 0 Å². The molecular formula is C12H16BrNO2. The van der Waals surface area contributed by atoms with Crippen molar-refractivity contribution in [2.24, 2.45) is 0 Å². The van der Waals surface area contributed by atoms with Crippen LogP contribution in [-0.2, 0) is 0 Å². The topological polar surface area (TPSA) is 41.5 Å². The molecular weight excluding hydrogens is 270 g/mol. The molecule has 16 heavy (non-hydrogen) atoms. The Bertz CT molecular complexity index is 366. The Morgan fingerprint density at radius 1 is 1.56 bits per heavy atom. The Kier molecular flexibility index (Phi) is 3.84. The lowest BCUT2D eigenvalue weighted by Gasteiger charge is -2.13. The smallest absolute Gasteiger partial charge is 0.133 e. The Hall–Kier alpha value is -0.580. The largest absolute Gasteiger partial charge is 0.496 e. The van der Waals surface area contributed by atoms with Crippen LogP contribution in [0.1, 0.15) is 24.5 Å². The lowest BCUT2D eigenvalue weighted by Crippen LogP contribution is -2.23. The fourth-order valence-corrected chi connectivity index (χ4v) is 2.13. The summed E-state index contributed by atoms with van der Waals surface area (Å²) < 4.78 is 6.02. The van der Waals surface area contributed by atoms with Crippen LogP contribution in [0.25, 0.3) is 0 Å². The van der Waals surface area contributed by atoms with Gasteiger partial charge in [0, 0.05) is 12.6 Å². The predicted octanol–water partition coefficient (Wildman–Crippen LogP) is 2.24. The van der Waals surface area contributed by atoms with Crippen molar-refractivity contribution in [3.63, 3.8) is 0 Å². The van der Waals surface area contributed by atoms with Crippen molar-refractivity contribution < 1.29 is 9.84 Å². The van der Waals surface area contributed by atoms with Gasteiger partial charge in [-0.25, -0.2) is 0 Å². The quantitative estimate of drug-likeness (QED) is 0.872. The molecule has 0 heterocycles. The molecule has 0 spiro atoms. The maximum absolute atomic E-state index is 9.96. The highest BCUT2D eigenvalue weighted by Gasteiger charge is 2.21. The molecule has 1 saturated carbocycles. The Morgan fingerprint density at radius 2 is 2.31 bits per heavy atom. The van der Waals surface area contributed by atoms with Gasteiger partial charge in [-0.15, -0.1) is 0 Å². The normalized spacial score (nSPS) is 17.2. The van der Waals surface area contributed by atoms with Crippen LogP contribution in [0.3, 0.4) is 0 Å². The molecule has 0 amide bonds. The van der Waals surface area contributed by atoms with Gasteiger partial charge in [0.1, 0.15) is 5.75 Å². The number of ether oxygens (including phenoxy) is 1. The van der Waals surface area contributed by atoms with Gasteiger partial charge in [-0.1, -0.05) is 6.07 Å². The van der Waals surface area contributed by atoms with E-state index in [1.165, 1.54) is 12.8 Å². The van der Waals surface area contributed by atoms with Crippen LogP contribution in [-0.4, -0.2) is 24.8 Å². The number of hydrogen-bond acceptors (Lipinski definition) is 3. The monoisotopic (exact) mass is 285 g/mol. The van der Waals surface area contributed by atoms with E-state index in [2.05, 4.69) is 21.2 Å². The van der Waals surface area contributed by atoms with E-state index < -0.39 is 6.10 Å². The SMILES string of the molecule is COc1ccc(C(O)CNC2CC2)cc1Br. The zero-order valence-electron chi connectivity index (χ0n) is 9.24. The maximum Gasteiger partial charge on any atom is 0.133 e. The van der Waals surface area contributed by atoms with Crippen molar-refractivity contribution in [1.82, 2.24) is 5.32 Å². The zero-order valence-corrected chi connectivity index (χ0v) is 10.8. The summed E-state index contributed by atoms with van der Waals surface area (Å²) in [4.78, 5) is 0. The number of halogens is 1. The summed E-state index contributed by atoms with van der Waals surface area (Å²) in [7, 11) is 1.63. The second-order valence-corrected chi connectivity index (χ2v) is 4.95. The van der Waals surface area contributed by atoms with Gasteiger partial charge in [0.2, 0.25) is 0 Å². The van der Waals surface area contributed by atoms with Gasteiger partial charge in [-0.2, -0.15) is 0 Å². The molecule has 0 bridgehead atoms. The standard InChI is InChI=1S/C12H16BrNO2/c1-16-12-5-2-8(6-10(12)13)11(15)7-14-9-3-4-9/h2,5-6,9,11,14-15H,3-4,7H2,1H3. The highest BCUT2D eigenvalue weighted by Crippen LogP contribution is 2.28. The fraction of sp³-hybridized carbons (Fsp3) is 0.500. The number of hydrogen-bond donors (Lipinski definition) is 2. The number of methoxy groups -OCH3 is 1. The fourth-order valence-electron chi connectivity index (χ4n) is 1.57. The van der Waals surface area contributed by atoms with E-state index in [-0.39, 0.29) is 0 Å². The summed E-state index contributed by atoms with van der Waals surface area (Å²) in [5.74, 6) is 0.783. The Balaban J connectivity index is 1.98. The lowest BCUT2D eigenvalue weighted by atomic mass is 10.1. The summed E-state index contributed by atoms with van der Waals surface area (Å²) in [6.07, 6.45) is 2.01. The second-order valence-electron chi connectivity index (χ2n) is 4.09. The van der Waals surface area contributed by atoms with Gasteiger partial charge >= 0.3 is 0 Å². The molecule has 1 fully saturated rings. The number of aliphatic hydroxyl groups is 1. The first-order valence-corrected chi connectivity index (χ1v) is 6.25. The van der Waals surface area contributed by atoms with E-state index in [4.69, 9.17) is 4.74 Å². The van der Waals surface area contributed by atoms with Crippen molar-refractivity contribution >= 4 is 15.9 Å². The molecule has 0 radical (unpaired) electrons. The molecule has 1 aromatic carbocycles. The van der Waals surface area contributed by atoms with Crippen LogP contribution < -0.4 is 10.1 Å². The third kappa shape index (κ3) is 2.97. The highest BCUT2D eigenvalue weighted by atomic mass is 79.9. The molecule has 3 nitrogen and oxygen atoms in total. The van der Waals surface area contributed by atoms with Crippen LogP contribution in [0.15, 0.2) is 22.7 Å². The molecule has 88 valence electrons. The summed E-state index contributed by atoms with van der Waals surface area (Å²) in [6, 6.07) is 6.28. The van der Waals surface area contributed by atoms with Crippen molar-refractivity contribution in [2.75, 3.05) is 13.7 Å². The van der Waals surface area contributed by atoms with E-state index in [0.29, 0.717) is 12.6 Å². The number of nitrogens with one attached hydrogen (secondary N) is 1. The zero-order chi connectivity index (χ0) is 11.5. The first-order valence-electron chi connectivity index (χ1n) is 5.45. The molecule has 1 aliphatic rings. The van der Waals surface area contributed by atoms with Crippen molar-refractivity contribution in [2.45, 2.75) is 25.0 Å². The Morgan fingerprint density at radius 3 is 2.88 bits per heavy atom. The molecule has 1 aliphatic carbocycles. The van der Waals surface area contributed by atoms with Crippen LogP contribution in [0, 0.1) is 0 Å². The van der Waals surface area contributed by atoms with E-state index in [1.807, 2.05) is 18.2 Å². The van der Waals surface area contributed by atoms with Gasteiger partial charge in [0.25, 0.3) is 0 Å². The van der Waals surface area contributed by atoms with E-state index in [9.17, 15) is 5.11 Å². The van der Waals surface area contributed by atoms with Crippen molar-refractivity contribution in [3.05, 3.63) is 28.2 Å². The Labute approximate surface area is 104 Å². The minimum atomic E-state index is -0.456. The third-order valence-electron chi connectivity index (χ3n) is 2.74. The minimum absolute atomic E-state index is 0.456. The molecule has 2 rings (SSSR count). The van der Waals surface area contributed by atoms with Gasteiger partial charge in [-0.3, -0.25) is 0 Å². The van der Waals surface area contributed by atoms with Crippen molar-refractivity contribution in [1.29, 1.82) is 0 Å². The maximum atomic E-state index is 9.96. The third-order valence-corrected chi connectivity index (χ3v) is 3.36. The molecule has 1 aromatic rings. The molecule has 1 atom stereocenters. The van der Waals surface area contributed by atoms with Crippen LogP contribution in [0.5, 0.6) is 5.75 Å². The lowest BCUT2D eigenvalue weighted by molar-refractivity contribution is 0.174. The molecule has 4 heteroatoms. The van der Waals surface area contributed by atoms with Crippen molar-refractivity contribution in [3.8, 4) is 5.75 Å². The van der Waals surface area contributed by atoms with E-state index in [0.717, 1.165) is 15.8 Å². The first kappa shape index (κ1) is 11.9. The summed E-state index contributed by atoms with van der Waals surface area (Å²) in [5, 5.41) is 13.3. The van der Waals surface area contributed by atoms with Gasteiger partial charge in [0.15, 0.2) is 0 Å². The molecule has 0 aromatic heterocycles. The number of rotatable bonds is 5. The van der Waals surface area contributed by atoms with Crippen LogP contribution >= 0.6 is 15.9 Å². The van der Waals surface area contributed by atoms with Gasteiger partial charge in [0.05, 0.1) is 17.7 Å². The minimum Gasteiger partial charge on any atom is -0.496 e. The summed E-state index contributed by atoms with van der Waals surface area (Å²) in [5.41, 5.74) is 0.904. The molecule has 1 unspecified atom stereocenters. The number of benzene rings is 1. The summed E-state index contributed by atoms with van der Waals surface area (Å²) in [6.45, 7) is 0.615. The molecule has 0 saturated heterocycles. The van der Waals surface area contributed by atoms with E-state index in [1.54, 1.807) is 7.11 Å². The average Bonchev–Trinajstić information content (AvgIpc) is 3.09.